The molecule has 9 nitrogen and oxygen atoms in total. The topological polar surface area (TPSA) is 123 Å². The molecule has 0 amide bonds. The van der Waals surface area contributed by atoms with Crippen molar-refractivity contribution in [2.24, 2.45) is 0 Å². The van der Waals surface area contributed by atoms with Crippen molar-refractivity contribution >= 4 is 19.4 Å². The van der Waals surface area contributed by atoms with Gasteiger partial charge in [-0.2, -0.15) is 0 Å². The molecule has 228 valence electrons. The van der Waals surface area contributed by atoms with Gasteiger partial charge in [-0.1, -0.05) is 26.0 Å². The number of aryl methyl sites for hydroxylation is 2. The van der Waals surface area contributed by atoms with E-state index >= 15 is 0 Å². The Hall–Kier alpha value is -2.87. The minimum absolute atomic E-state index is 0.204. The van der Waals surface area contributed by atoms with Crippen LogP contribution in [0.15, 0.2) is 30.3 Å². The maximum absolute atomic E-state index is 14.0. The van der Waals surface area contributed by atoms with E-state index in [1.54, 1.807) is 47.6 Å². The van der Waals surface area contributed by atoms with Gasteiger partial charge in [0.1, 0.15) is 23.6 Å². The average Bonchev–Trinajstić information content (AvgIpc) is 2.84. The first-order chi connectivity index (χ1) is 19.0. The summed E-state index contributed by atoms with van der Waals surface area (Å²) in [4.78, 5) is 24.9. The molecule has 3 N–H and O–H groups in total. The number of aromatic hydroxyl groups is 1. The molecule has 0 saturated carbocycles. The number of benzene rings is 2. The van der Waals surface area contributed by atoms with Crippen LogP contribution in [0.5, 0.6) is 11.5 Å². The monoisotopic (exact) mass is 590 g/mol. The molecule has 0 fully saturated rings. The second-order valence-electron chi connectivity index (χ2n) is 11.4. The summed E-state index contributed by atoms with van der Waals surface area (Å²) < 4.78 is 30.5. The molecule has 0 heterocycles. The van der Waals surface area contributed by atoms with Gasteiger partial charge >= 0.3 is 11.9 Å². The Labute approximate surface area is 244 Å². The van der Waals surface area contributed by atoms with Crippen LogP contribution in [-0.2, 0) is 30.0 Å². The SMILES string of the molecule is Cc1cc(OCP(=O)(N[C@@H](C)C(=O)OC(C)C)N[C@@H](C)C(=O)OC(C)C)cc(C)c1Cc1ccc(O)c(C(C)C)c1. The third kappa shape index (κ3) is 10.5. The van der Waals surface area contributed by atoms with Gasteiger partial charge in [-0.15, -0.1) is 0 Å². The Balaban J connectivity index is 2.26. The van der Waals surface area contributed by atoms with Gasteiger partial charge in [-0.25, -0.2) is 10.2 Å². The summed E-state index contributed by atoms with van der Waals surface area (Å²) in [5, 5.41) is 15.8. The van der Waals surface area contributed by atoms with E-state index < -0.39 is 31.5 Å². The molecule has 0 bridgehead atoms. The average molecular weight is 591 g/mol. The molecule has 0 aliphatic carbocycles. The summed E-state index contributed by atoms with van der Waals surface area (Å²) >= 11 is 0. The van der Waals surface area contributed by atoms with Crippen molar-refractivity contribution in [1.29, 1.82) is 0 Å². The summed E-state index contributed by atoms with van der Waals surface area (Å²) in [6.07, 6.45) is -0.305. The van der Waals surface area contributed by atoms with Crippen molar-refractivity contribution in [1.82, 2.24) is 10.2 Å². The zero-order chi connectivity index (χ0) is 31.1. The second-order valence-corrected chi connectivity index (χ2v) is 13.7. The Bertz CT molecular complexity index is 1200. The summed E-state index contributed by atoms with van der Waals surface area (Å²) in [7, 11) is -3.66. The van der Waals surface area contributed by atoms with E-state index in [-0.39, 0.29) is 24.5 Å². The van der Waals surface area contributed by atoms with Crippen LogP contribution >= 0.6 is 7.44 Å². The molecule has 0 saturated heterocycles. The number of ether oxygens (including phenoxy) is 3. The minimum Gasteiger partial charge on any atom is -0.508 e. The lowest BCUT2D eigenvalue weighted by atomic mass is 9.93. The van der Waals surface area contributed by atoms with E-state index in [9.17, 15) is 19.3 Å². The highest BCUT2D eigenvalue weighted by molar-refractivity contribution is 7.59. The van der Waals surface area contributed by atoms with Gasteiger partial charge in [0.15, 0.2) is 6.35 Å². The highest BCUT2D eigenvalue weighted by atomic mass is 31.2. The molecule has 41 heavy (non-hydrogen) atoms. The minimum atomic E-state index is -3.66. The summed E-state index contributed by atoms with van der Waals surface area (Å²) in [6, 6.07) is 7.62. The lowest BCUT2D eigenvalue weighted by molar-refractivity contribution is -0.149. The van der Waals surface area contributed by atoms with Crippen LogP contribution in [0.25, 0.3) is 0 Å². The number of phenolic OH excluding ortho intramolecular Hbond substituents is 1. The van der Waals surface area contributed by atoms with Crippen LogP contribution in [0, 0.1) is 13.8 Å². The molecule has 0 aliphatic rings. The highest BCUT2D eigenvalue weighted by Gasteiger charge is 2.33. The van der Waals surface area contributed by atoms with Gasteiger partial charge in [0.25, 0.3) is 0 Å². The van der Waals surface area contributed by atoms with E-state index in [2.05, 4.69) is 10.2 Å². The molecule has 2 rings (SSSR count). The molecule has 2 aromatic carbocycles. The number of phenols is 1. The third-order valence-electron chi connectivity index (χ3n) is 6.39. The van der Waals surface area contributed by atoms with Gasteiger partial charge < -0.3 is 19.3 Å². The smallest absolute Gasteiger partial charge is 0.323 e. The van der Waals surface area contributed by atoms with Crippen LogP contribution in [0.2, 0.25) is 0 Å². The first-order valence-electron chi connectivity index (χ1n) is 14.1. The highest BCUT2D eigenvalue weighted by Crippen LogP contribution is 2.39. The predicted molar refractivity (Wildman–Crippen MR) is 162 cm³/mol. The molecular weight excluding hydrogens is 543 g/mol. The second kappa shape index (κ2) is 14.9. The van der Waals surface area contributed by atoms with Gasteiger partial charge in [-0.3, -0.25) is 14.2 Å². The molecule has 0 spiro atoms. The maximum Gasteiger partial charge on any atom is 0.323 e. The Morgan fingerprint density at radius 2 is 1.32 bits per heavy atom. The number of rotatable bonds is 14. The van der Waals surface area contributed by atoms with Crippen LogP contribution < -0.4 is 14.9 Å². The van der Waals surface area contributed by atoms with Crippen molar-refractivity contribution in [3.63, 3.8) is 0 Å². The number of carbonyl (C=O) groups is 2. The molecular formula is C31H47N2O7P. The van der Waals surface area contributed by atoms with E-state index in [0.29, 0.717) is 17.9 Å². The lowest BCUT2D eigenvalue weighted by Crippen LogP contribution is -2.43. The number of carbonyl (C=O) groups excluding carboxylic acids is 2. The molecule has 2 atom stereocenters. The predicted octanol–water partition coefficient (Wildman–Crippen LogP) is 6.11. The molecule has 2 aromatic rings. The zero-order valence-corrected chi connectivity index (χ0v) is 26.9. The Morgan fingerprint density at radius 3 is 1.76 bits per heavy atom. The number of esters is 2. The van der Waals surface area contributed by atoms with E-state index in [4.69, 9.17) is 14.2 Å². The largest absolute Gasteiger partial charge is 0.508 e. The van der Waals surface area contributed by atoms with Crippen LogP contribution in [0.4, 0.5) is 0 Å². The first kappa shape index (κ1) is 34.3. The third-order valence-corrected chi connectivity index (χ3v) is 8.49. The molecule has 0 aliphatic heterocycles. The molecule has 0 radical (unpaired) electrons. The lowest BCUT2D eigenvalue weighted by Gasteiger charge is -2.27. The quantitative estimate of drug-likeness (QED) is 0.177. The van der Waals surface area contributed by atoms with E-state index in [0.717, 1.165) is 27.8 Å². The van der Waals surface area contributed by atoms with Crippen LogP contribution in [0.1, 0.15) is 89.1 Å². The van der Waals surface area contributed by atoms with Gasteiger partial charge in [0.2, 0.25) is 7.44 Å². The van der Waals surface area contributed by atoms with Gasteiger partial charge in [-0.05, 0) is 114 Å². The van der Waals surface area contributed by atoms with Crippen molar-refractivity contribution < 1.29 is 33.5 Å². The molecule has 0 aromatic heterocycles. The van der Waals surface area contributed by atoms with Crippen molar-refractivity contribution in [2.75, 3.05) is 6.35 Å². The fourth-order valence-corrected chi connectivity index (χ4v) is 6.39. The Morgan fingerprint density at radius 1 is 0.829 bits per heavy atom. The normalized spacial score (nSPS) is 13.4. The van der Waals surface area contributed by atoms with Crippen molar-refractivity contribution in [3.05, 3.63) is 58.1 Å². The van der Waals surface area contributed by atoms with Crippen LogP contribution in [-0.4, -0.2) is 47.7 Å². The summed E-state index contributed by atoms with van der Waals surface area (Å²) in [5.74, 6) is -0.117. The number of nitrogens with one attached hydrogen (secondary N) is 2. The molecule has 0 unspecified atom stereocenters. The van der Waals surface area contributed by atoms with Gasteiger partial charge in [0, 0.05) is 0 Å². The summed E-state index contributed by atoms with van der Waals surface area (Å²) in [5.41, 5.74) is 5.13. The first-order valence-corrected chi connectivity index (χ1v) is 16.0. The van der Waals surface area contributed by atoms with Crippen molar-refractivity contribution in [2.45, 2.75) is 106 Å². The fraction of sp³-hybridized carbons (Fsp3) is 0.548. The number of hydrogen-bond acceptors (Lipinski definition) is 7. The Kier molecular flexibility index (Phi) is 12.4. The standard InChI is InChI=1S/C31H47N2O7P/c1-18(2)27-15-25(11-12-29(27)34)16-28-21(7)13-26(14-22(28)8)38-17-41(37,32-23(9)30(35)39-19(3)4)33-24(10)31(36)40-20(5)6/h11-15,18-20,23-24,34H,16-17H2,1-10H3,(H2,32,33,37)/t23-,24-/m0/s1. The summed E-state index contributed by atoms with van der Waals surface area (Å²) in [6.45, 7) is 18.1. The van der Waals surface area contributed by atoms with Crippen LogP contribution in [0.3, 0.4) is 0 Å². The van der Waals surface area contributed by atoms with Gasteiger partial charge in [0.05, 0.1) is 12.2 Å². The fourth-order valence-electron chi connectivity index (χ4n) is 4.37. The number of hydrogen-bond donors (Lipinski definition) is 3. The maximum atomic E-state index is 14.0. The van der Waals surface area contributed by atoms with E-state index in [1.807, 2.05) is 52.0 Å². The van der Waals surface area contributed by atoms with Crippen molar-refractivity contribution in [3.8, 4) is 11.5 Å². The zero-order valence-electron chi connectivity index (χ0n) is 26.0. The molecule has 10 heteroatoms. The van der Waals surface area contributed by atoms with E-state index in [1.165, 1.54) is 0 Å².